The van der Waals surface area contributed by atoms with Crippen molar-refractivity contribution < 1.29 is 24.2 Å². The third-order valence-electron chi connectivity index (χ3n) is 2.66. The largest absolute Gasteiger partial charge is 0.479 e. The van der Waals surface area contributed by atoms with Crippen LogP contribution in [0.1, 0.15) is 34.1 Å². The molecule has 0 unspecified atom stereocenters. The van der Waals surface area contributed by atoms with Crippen molar-refractivity contribution in [3.8, 4) is 0 Å². The molecule has 0 aromatic heterocycles. The van der Waals surface area contributed by atoms with Crippen LogP contribution in [0.25, 0.3) is 0 Å². The topological polar surface area (TPSA) is 76.1 Å². The van der Waals surface area contributed by atoms with Crippen LogP contribution in [0.15, 0.2) is 0 Å². The van der Waals surface area contributed by atoms with Crippen molar-refractivity contribution >= 4 is 12.1 Å². The molecule has 0 spiro atoms. The number of hydrogen-bond acceptors (Lipinski definition) is 4. The van der Waals surface area contributed by atoms with Gasteiger partial charge in [0.1, 0.15) is 5.60 Å². The number of carbonyl (C=O) groups is 2. The lowest BCUT2D eigenvalue weighted by atomic mass is 9.95. The van der Waals surface area contributed by atoms with Gasteiger partial charge in [0.15, 0.2) is 5.54 Å². The molecule has 0 aromatic carbocycles. The second-order valence-electron chi connectivity index (χ2n) is 5.46. The normalized spacial score (nSPS) is 17.8. The molecule has 1 N–H and O–H groups in total. The maximum Gasteiger partial charge on any atom is 0.411 e. The summed E-state index contributed by atoms with van der Waals surface area (Å²) < 4.78 is 10.2. The Morgan fingerprint density at radius 3 is 2.22 bits per heavy atom. The lowest BCUT2D eigenvalue weighted by molar-refractivity contribution is -0.184. The summed E-state index contributed by atoms with van der Waals surface area (Å²) in [6, 6.07) is 0. The van der Waals surface area contributed by atoms with Crippen LogP contribution >= 0.6 is 0 Å². The summed E-state index contributed by atoms with van der Waals surface area (Å²) in [4.78, 5) is 24.7. The van der Waals surface area contributed by atoms with Crippen molar-refractivity contribution in [3.63, 3.8) is 0 Å². The maximum absolute atomic E-state index is 12.1. The molecule has 18 heavy (non-hydrogen) atoms. The van der Waals surface area contributed by atoms with Crippen LogP contribution in [0.2, 0.25) is 0 Å². The van der Waals surface area contributed by atoms with Crippen LogP contribution in [0.3, 0.4) is 0 Å². The SMILES string of the molecule is CCCN(C(=O)OC(C)(C)C)C1(C(=O)O)COC1. The number of carbonyl (C=O) groups excluding carboxylic acids is 1. The van der Waals surface area contributed by atoms with Crippen LogP contribution in [0.5, 0.6) is 0 Å². The van der Waals surface area contributed by atoms with Gasteiger partial charge in [0.2, 0.25) is 0 Å². The van der Waals surface area contributed by atoms with Gasteiger partial charge in [0, 0.05) is 6.54 Å². The molecule has 1 aliphatic rings. The average molecular weight is 259 g/mol. The van der Waals surface area contributed by atoms with E-state index in [2.05, 4.69) is 0 Å². The van der Waals surface area contributed by atoms with E-state index in [0.717, 1.165) is 0 Å². The Morgan fingerprint density at radius 1 is 1.39 bits per heavy atom. The van der Waals surface area contributed by atoms with Crippen molar-refractivity contribution in [2.24, 2.45) is 0 Å². The number of amides is 1. The van der Waals surface area contributed by atoms with Gasteiger partial charge in [0.25, 0.3) is 0 Å². The summed E-state index contributed by atoms with van der Waals surface area (Å²) in [6.07, 6.45) is 0.0592. The smallest absolute Gasteiger partial charge is 0.411 e. The quantitative estimate of drug-likeness (QED) is 0.827. The molecule has 0 aromatic rings. The van der Waals surface area contributed by atoms with E-state index < -0.39 is 23.2 Å². The zero-order chi connectivity index (χ0) is 14.0. The lowest BCUT2D eigenvalue weighted by Crippen LogP contribution is -2.69. The average Bonchev–Trinajstić information content (AvgIpc) is 2.11. The predicted molar refractivity (Wildman–Crippen MR) is 64.4 cm³/mol. The Labute approximate surface area is 107 Å². The Kier molecular flexibility index (Phi) is 4.21. The Bertz CT molecular complexity index is 330. The molecule has 6 heteroatoms. The number of ether oxygens (including phenoxy) is 2. The molecule has 0 radical (unpaired) electrons. The molecule has 0 aliphatic carbocycles. The number of nitrogens with zero attached hydrogens (tertiary/aromatic N) is 1. The fourth-order valence-electron chi connectivity index (χ4n) is 1.71. The van der Waals surface area contributed by atoms with Crippen LogP contribution in [-0.4, -0.2) is 53.0 Å². The number of carboxylic acid groups (broad SMARTS) is 1. The van der Waals surface area contributed by atoms with E-state index >= 15 is 0 Å². The molecular weight excluding hydrogens is 238 g/mol. The fourth-order valence-corrected chi connectivity index (χ4v) is 1.71. The molecule has 0 bridgehead atoms. The first-order valence-corrected chi connectivity index (χ1v) is 6.05. The van der Waals surface area contributed by atoms with Gasteiger partial charge in [0.05, 0.1) is 13.2 Å². The molecule has 1 rings (SSSR count). The minimum atomic E-state index is -1.27. The number of aliphatic carboxylic acids is 1. The molecule has 1 amide bonds. The van der Waals surface area contributed by atoms with Crippen molar-refractivity contribution in [1.29, 1.82) is 0 Å². The fraction of sp³-hybridized carbons (Fsp3) is 0.833. The van der Waals surface area contributed by atoms with Crippen LogP contribution in [0.4, 0.5) is 4.79 Å². The zero-order valence-electron chi connectivity index (χ0n) is 11.4. The summed E-state index contributed by atoms with van der Waals surface area (Å²) in [6.45, 7) is 7.50. The Hall–Kier alpha value is -1.30. The van der Waals surface area contributed by atoms with Gasteiger partial charge in [-0.15, -0.1) is 0 Å². The number of hydrogen-bond donors (Lipinski definition) is 1. The zero-order valence-corrected chi connectivity index (χ0v) is 11.4. The molecule has 104 valence electrons. The van der Waals surface area contributed by atoms with Crippen LogP contribution < -0.4 is 0 Å². The van der Waals surface area contributed by atoms with Crippen molar-refractivity contribution in [3.05, 3.63) is 0 Å². The summed E-state index contributed by atoms with van der Waals surface area (Å²) >= 11 is 0. The van der Waals surface area contributed by atoms with Gasteiger partial charge in [-0.25, -0.2) is 9.59 Å². The molecule has 1 heterocycles. The highest BCUT2D eigenvalue weighted by Gasteiger charge is 2.54. The second kappa shape index (κ2) is 5.14. The van der Waals surface area contributed by atoms with E-state index in [1.54, 1.807) is 20.8 Å². The molecule has 1 fully saturated rings. The van der Waals surface area contributed by atoms with E-state index in [-0.39, 0.29) is 13.2 Å². The highest BCUT2D eigenvalue weighted by atomic mass is 16.6. The Balaban J connectivity index is 2.88. The van der Waals surface area contributed by atoms with E-state index in [9.17, 15) is 14.7 Å². The van der Waals surface area contributed by atoms with Gasteiger partial charge >= 0.3 is 12.1 Å². The first-order valence-electron chi connectivity index (χ1n) is 6.05. The minimum Gasteiger partial charge on any atom is -0.479 e. The highest BCUT2D eigenvalue weighted by Crippen LogP contribution is 2.27. The summed E-state index contributed by atoms with van der Waals surface area (Å²) in [5.41, 5.74) is -1.91. The van der Waals surface area contributed by atoms with Gasteiger partial charge in [-0.3, -0.25) is 4.90 Å². The molecule has 0 saturated carbocycles. The summed E-state index contributed by atoms with van der Waals surface area (Å²) in [5.74, 6) is -1.05. The Morgan fingerprint density at radius 2 is 1.94 bits per heavy atom. The van der Waals surface area contributed by atoms with E-state index in [1.807, 2.05) is 6.92 Å². The van der Waals surface area contributed by atoms with Crippen LogP contribution in [-0.2, 0) is 14.3 Å². The highest BCUT2D eigenvalue weighted by molar-refractivity contribution is 5.85. The molecule has 0 atom stereocenters. The monoisotopic (exact) mass is 259 g/mol. The number of carboxylic acids is 1. The molecule has 6 nitrogen and oxygen atoms in total. The summed E-state index contributed by atoms with van der Waals surface area (Å²) in [7, 11) is 0. The first-order chi connectivity index (χ1) is 8.23. The van der Waals surface area contributed by atoms with Gasteiger partial charge in [-0.2, -0.15) is 0 Å². The summed E-state index contributed by atoms with van der Waals surface area (Å²) in [5, 5.41) is 9.30. The first kappa shape index (κ1) is 14.8. The third-order valence-corrected chi connectivity index (χ3v) is 2.66. The van der Waals surface area contributed by atoms with E-state index in [0.29, 0.717) is 13.0 Å². The predicted octanol–water partition coefficient (Wildman–Crippen LogP) is 1.49. The molecule has 1 saturated heterocycles. The van der Waals surface area contributed by atoms with E-state index in [1.165, 1.54) is 4.90 Å². The second-order valence-corrected chi connectivity index (χ2v) is 5.46. The van der Waals surface area contributed by atoms with Crippen molar-refractivity contribution in [2.45, 2.75) is 45.3 Å². The van der Waals surface area contributed by atoms with E-state index in [4.69, 9.17) is 9.47 Å². The lowest BCUT2D eigenvalue weighted by Gasteiger charge is -2.45. The molecule has 1 aliphatic heterocycles. The molecular formula is C12H21NO5. The number of rotatable bonds is 4. The van der Waals surface area contributed by atoms with Crippen molar-refractivity contribution in [2.75, 3.05) is 19.8 Å². The van der Waals surface area contributed by atoms with Gasteiger partial charge < -0.3 is 14.6 Å². The van der Waals surface area contributed by atoms with Gasteiger partial charge in [-0.05, 0) is 27.2 Å². The van der Waals surface area contributed by atoms with Gasteiger partial charge in [-0.1, -0.05) is 6.92 Å². The maximum atomic E-state index is 12.1. The van der Waals surface area contributed by atoms with Crippen molar-refractivity contribution in [1.82, 2.24) is 4.90 Å². The standard InChI is InChI=1S/C12H21NO5/c1-5-6-13(10(16)18-11(2,3)4)12(9(14)15)7-17-8-12/h5-8H2,1-4H3,(H,14,15). The minimum absolute atomic E-state index is 0.0155. The third kappa shape index (κ3) is 2.93. The van der Waals surface area contributed by atoms with Crippen LogP contribution in [0, 0.1) is 0 Å².